The Bertz CT molecular complexity index is 363. The molecular formula is C13H18FNO. The van der Waals surface area contributed by atoms with Crippen LogP contribution in [0.4, 0.5) is 4.39 Å². The van der Waals surface area contributed by atoms with Crippen LogP contribution in [0.25, 0.3) is 0 Å². The summed E-state index contributed by atoms with van der Waals surface area (Å²) < 4.78 is 13.7. The van der Waals surface area contributed by atoms with Gasteiger partial charge in [0.25, 0.3) is 0 Å². The monoisotopic (exact) mass is 223 g/mol. The lowest BCUT2D eigenvalue weighted by Crippen LogP contribution is -2.45. The first-order chi connectivity index (χ1) is 7.68. The van der Waals surface area contributed by atoms with Crippen molar-refractivity contribution in [1.82, 2.24) is 5.32 Å². The lowest BCUT2D eigenvalue weighted by Gasteiger charge is -2.34. The van der Waals surface area contributed by atoms with E-state index in [1.54, 1.807) is 18.2 Å². The van der Waals surface area contributed by atoms with Gasteiger partial charge in [0, 0.05) is 11.6 Å². The second-order valence-corrected chi connectivity index (χ2v) is 4.41. The fourth-order valence-corrected chi connectivity index (χ4v) is 2.53. The van der Waals surface area contributed by atoms with E-state index in [-0.39, 0.29) is 11.9 Å². The maximum absolute atomic E-state index is 13.7. The van der Waals surface area contributed by atoms with Crippen LogP contribution in [0.5, 0.6) is 0 Å². The van der Waals surface area contributed by atoms with E-state index >= 15 is 0 Å². The Morgan fingerprint density at radius 1 is 1.50 bits per heavy atom. The molecule has 0 aromatic heterocycles. The Balaban J connectivity index is 2.37. The number of aliphatic hydroxyl groups is 1. The molecule has 1 aromatic rings. The summed E-state index contributed by atoms with van der Waals surface area (Å²) >= 11 is 0. The van der Waals surface area contributed by atoms with Crippen LogP contribution in [0.1, 0.15) is 31.7 Å². The van der Waals surface area contributed by atoms with Gasteiger partial charge in [0.05, 0.1) is 0 Å². The van der Waals surface area contributed by atoms with Gasteiger partial charge in [-0.3, -0.25) is 0 Å². The average molecular weight is 223 g/mol. The summed E-state index contributed by atoms with van der Waals surface area (Å²) in [6.07, 6.45) is 2.46. The van der Waals surface area contributed by atoms with Crippen molar-refractivity contribution in [1.29, 1.82) is 0 Å². The van der Waals surface area contributed by atoms with Crippen LogP contribution in [0.2, 0.25) is 0 Å². The second-order valence-electron chi connectivity index (χ2n) is 4.41. The summed E-state index contributed by atoms with van der Waals surface area (Å²) in [6.45, 7) is 2.80. The third-order valence-electron chi connectivity index (χ3n) is 3.52. The average Bonchev–Trinajstić information content (AvgIpc) is 2.82. The first-order valence-electron chi connectivity index (χ1n) is 5.89. The summed E-state index contributed by atoms with van der Waals surface area (Å²) in [5.41, 5.74) is -0.668. The van der Waals surface area contributed by atoms with Crippen molar-refractivity contribution >= 4 is 0 Å². The summed E-state index contributed by atoms with van der Waals surface area (Å²) in [4.78, 5) is 0. The van der Waals surface area contributed by atoms with Crippen LogP contribution in [0.3, 0.4) is 0 Å². The van der Waals surface area contributed by atoms with Crippen molar-refractivity contribution in [2.45, 2.75) is 37.8 Å². The highest BCUT2D eigenvalue weighted by Gasteiger charge is 2.39. The molecular weight excluding hydrogens is 205 g/mol. The van der Waals surface area contributed by atoms with Crippen LogP contribution in [0, 0.1) is 5.82 Å². The highest BCUT2D eigenvalue weighted by atomic mass is 19.1. The molecule has 0 spiro atoms. The van der Waals surface area contributed by atoms with Crippen molar-refractivity contribution in [2.24, 2.45) is 0 Å². The molecule has 88 valence electrons. The maximum Gasteiger partial charge on any atom is 0.129 e. The zero-order chi connectivity index (χ0) is 11.6. The van der Waals surface area contributed by atoms with Gasteiger partial charge < -0.3 is 10.4 Å². The van der Waals surface area contributed by atoms with E-state index in [1.807, 2.05) is 6.92 Å². The number of hydrogen-bond acceptors (Lipinski definition) is 2. The third-order valence-corrected chi connectivity index (χ3v) is 3.52. The van der Waals surface area contributed by atoms with Gasteiger partial charge in [0.2, 0.25) is 0 Å². The van der Waals surface area contributed by atoms with Gasteiger partial charge in [-0.25, -0.2) is 4.39 Å². The molecule has 2 atom stereocenters. The quantitative estimate of drug-likeness (QED) is 0.823. The largest absolute Gasteiger partial charge is 0.383 e. The van der Waals surface area contributed by atoms with Gasteiger partial charge in [-0.1, -0.05) is 25.1 Å². The molecule has 0 saturated carbocycles. The molecule has 1 aliphatic rings. The van der Waals surface area contributed by atoms with Gasteiger partial charge in [0.15, 0.2) is 0 Å². The lowest BCUT2D eigenvalue weighted by molar-refractivity contribution is -0.00432. The van der Waals surface area contributed by atoms with E-state index in [2.05, 4.69) is 5.32 Å². The predicted octanol–water partition coefficient (Wildman–Crippen LogP) is 2.18. The number of halogens is 1. The van der Waals surface area contributed by atoms with Crippen LogP contribution in [-0.2, 0) is 5.60 Å². The number of hydrogen-bond donors (Lipinski definition) is 2. The Morgan fingerprint density at radius 2 is 2.25 bits per heavy atom. The minimum atomic E-state index is -1.08. The molecule has 0 aliphatic carbocycles. The maximum atomic E-state index is 13.7. The number of rotatable bonds is 3. The summed E-state index contributed by atoms with van der Waals surface area (Å²) in [5.74, 6) is -0.319. The Morgan fingerprint density at radius 3 is 2.81 bits per heavy atom. The standard InChI is InChI=1S/C13H18FNO/c1-2-13(16,12-8-5-9-15-12)10-6-3-4-7-11(10)14/h3-4,6-7,12,15-16H,2,5,8-9H2,1H3. The Hall–Kier alpha value is -0.930. The van der Waals surface area contributed by atoms with Gasteiger partial charge in [-0.05, 0) is 31.9 Å². The number of nitrogens with one attached hydrogen (secondary N) is 1. The fraction of sp³-hybridized carbons (Fsp3) is 0.538. The minimum absolute atomic E-state index is 0.0330. The van der Waals surface area contributed by atoms with E-state index < -0.39 is 5.60 Å². The van der Waals surface area contributed by atoms with Crippen LogP contribution in [0.15, 0.2) is 24.3 Å². The van der Waals surface area contributed by atoms with Gasteiger partial charge in [-0.2, -0.15) is 0 Å². The van der Waals surface area contributed by atoms with E-state index in [1.165, 1.54) is 6.07 Å². The summed E-state index contributed by atoms with van der Waals surface area (Å²) in [6, 6.07) is 6.48. The molecule has 1 fully saturated rings. The normalized spacial score (nSPS) is 24.3. The highest BCUT2D eigenvalue weighted by Crippen LogP contribution is 2.34. The predicted molar refractivity (Wildman–Crippen MR) is 61.6 cm³/mol. The minimum Gasteiger partial charge on any atom is -0.383 e. The molecule has 1 saturated heterocycles. The molecule has 1 aromatic carbocycles. The topological polar surface area (TPSA) is 32.3 Å². The van der Waals surface area contributed by atoms with E-state index in [9.17, 15) is 9.50 Å². The third kappa shape index (κ3) is 1.85. The SMILES string of the molecule is CCC(O)(c1ccccc1F)C1CCCN1. The number of benzene rings is 1. The Kier molecular flexibility index (Phi) is 3.26. The van der Waals surface area contributed by atoms with Gasteiger partial charge in [0.1, 0.15) is 11.4 Å². The fourth-order valence-electron chi connectivity index (χ4n) is 2.53. The Labute approximate surface area is 95.5 Å². The van der Waals surface area contributed by atoms with Gasteiger partial charge in [-0.15, -0.1) is 0 Å². The molecule has 0 bridgehead atoms. The molecule has 2 unspecified atom stereocenters. The van der Waals surface area contributed by atoms with E-state index in [0.717, 1.165) is 19.4 Å². The smallest absolute Gasteiger partial charge is 0.129 e. The zero-order valence-corrected chi connectivity index (χ0v) is 9.54. The van der Waals surface area contributed by atoms with Crippen molar-refractivity contribution in [3.8, 4) is 0 Å². The van der Waals surface area contributed by atoms with Crippen molar-refractivity contribution in [2.75, 3.05) is 6.54 Å². The van der Waals surface area contributed by atoms with Crippen LogP contribution in [-0.4, -0.2) is 17.7 Å². The van der Waals surface area contributed by atoms with Crippen LogP contribution < -0.4 is 5.32 Å². The lowest BCUT2D eigenvalue weighted by atomic mass is 9.83. The molecule has 0 amide bonds. The molecule has 2 rings (SSSR count). The first kappa shape index (κ1) is 11.6. The first-order valence-corrected chi connectivity index (χ1v) is 5.89. The molecule has 1 heterocycles. The van der Waals surface area contributed by atoms with Gasteiger partial charge >= 0.3 is 0 Å². The molecule has 3 heteroatoms. The molecule has 2 nitrogen and oxygen atoms in total. The zero-order valence-electron chi connectivity index (χ0n) is 9.54. The molecule has 16 heavy (non-hydrogen) atoms. The van der Waals surface area contributed by atoms with Crippen LogP contribution >= 0.6 is 0 Å². The summed E-state index contributed by atoms with van der Waals surface area (Å²) in [5, 5.41) is 13.9. The van der Waals surface area contributed by atoms with Crippen molar-refractivity contribution in [3.05, 3.63) is 35.6 Å². The van der Waals surface area contributed by atoms with Crippen molar-refractivity contribution < 1.29 is 9.50 Å². The van der Waals surface area contributed by atoms with Crippen molar-refractivity contribution in [3.63, 3.8) is 0 Å². The highest BCUT2D eigenvalue weighted by molar-refractivity contribution is 5.26. The summed E-state index contributed by atoms with van der Waals surface area (Å²) in [7, 11) is 0. The molecule has 1 aliphatic heterocycles. The second kappa shape index (κ2) is 4.52. The molecule has 0 radical (unpaired) electrons. The van der Waals surface area contributed by atoms with E-state index in [0.29, 0.717) is 12.0 Å². The van der Waals surface area contributed by atoms with E-state index in [4.69, 9.17) is 0 Å². The molecule has 2 N–H and O–H groups in total.